The first-order valence-electron chi connectivity index (χ1n) is 26.4. The van der Waals surface area contributed by atoms with E-state index < -0.39 is 5.69 Å². The molecule has 3 aliphatic rings. The molecule has 0 radical (unpaired) electrons. The summed E-state index contributed by atoms with van der Waals surface area (Å²) in [5.74, 6) is 2.23. The van der Waals surface area contributed by atoms with Gasteiger partial charge in [0, 0.05) is 57.5 Å². The zero-order valence-corrected chi connectivity index (χ0v) is 44.1. The number of likely N-dealkylation sites (tertiary alicyclic amines) is 1. The number of rotatable bonds is 15. The van der Waals surface area contributed by atoms with Crippen molar-refractivity contribution in [3.05, 3.63) is 148 Å². The molecule has 0 unspecified atom stereocenters. The third kappa shape index (κ3) is 10.7. The van der Waals surface area contributed by atoms with Gasteiger partial charge < -0.3 is 40.3 Å². The number of anilines is 6. The van der Waals surface area contributed by atoms with Crippen molar-refractivity contribution >= 4 is 46.3 Å². The van der Waals surface area contributed by atoms with E-state index >= 15 is 0 Å². The number of nitrogens with one attached hydrogen (secondary N) is 3. The molecule has 76 heavy (non-hydrogen) atoms. The number of carbonyl (C=O) groups excluding carboxylic acids is 2. The zero-order chi connectivity index (χ0) is 53.2. The SMILES string of the molecule is CCOc1cc(N2CCC(C(=O)N[C@H](C)c3ccc(CN4CCC(Cc5ccc(-n6c(-c7cc(C(C)C)c(O)cc7O)n[nH]c6=O)cc5)CC4)cc3)CC2)ccc1Nc1ncc2c(n1)N(C)c1ccccc1C(=O)N2C. The van der Waals surface area contributed by atoms with E-state index in [4.69, 9.17) is 9.72 Å². The number of aromatic nitrogens is 5. The number of amides is 2. The molecule has 0 aliphatic carbocycles. The Hall–Kier alpha value is -8.18. The summed E-state index contributed by atoms with van der Waals surface area (Å²) in [4.78, 5) is 57.6. The first kappa shape index (κ1) is 51.3. The van der Waals surface area contributed by atoms with Crippen molar-refractivity contribution in [2.75, 3.05) is 66.9 Å². The molecule has 5 aromatic carbocycles. The van der Waals surface area contributed by atoms with E-state index in [0.29, 0.717) is 58.1 Å². The standard InChI is InChI=1S/C59H67N11O6/c1-7-76-53-31-44(20-21-48(53)62-58-60-34-50-55(63-58)66(5)49-11-9-8-10-45(49)57(74)67(50)6)69-28-24-42(25-29-69)56(73)61-37(4)41-16-12-40(13-17-41)35-68-26-22-39(23-27-68)30-38-14-18-43(19-15-38)70-54(64-65-59(70)75)47-32-46(36(2)3)51(71)33-52(47)72/h8-21,31-34,36-37,39,42,71-72H,7,22-30,35H2,1-6H3,(H,61,73)(H,65,75)(H,60,62,63)/t37-/m1/s1. The maximum Gasteiger partial charge on any atom is 0.348 e. The lowest BCUT2D eigenvalue weighted by molar-refractivity contribution is -0.126. The molecule has 5 heterocycles. The molecule has 2 saturated heterocycles. The highest BCUT2D eigenvalue weighted by Crippen LogP contribution is 2.41. The summed E-state index contributed by atoms with van der Waals surface area (Å²) in [6.45, 7) is 12.8. The summed E-state index contributed by atoms with van der Waals surface area (Å²) in [6, 6.07) is 33.1. The molecule has 0 saturated carbocycles. The molecule has 0 spiro atoms. The number of aromatic amines is 1. The van der Waals surface area contributed by atoms with Crippen LogP contribution in [0.4, 0.5) is 34.5 Å². The van der Waals surface area contributed by atoms with Gasteiger partial charge in [-0.05, 0) is 136 Å². The molecular formula is C59H67N11O6. The predicted octanol–water partition coefficient (Wildman–Crippen LogP) is 9.60. The number of phenols is 2. The lowest BCUT2D eigenvalue weighted by atomic mass is 9.90. The second-order valence-electron chi connectivity index (χ2n) is 20.7. The fraction of sp³-hybridized carbons (Fsp3) is 0.356. The van der Waals surface area contributed by atoms with Gasteiger partial charge in [0.05, 0.1) is 47.0 Å². The van der Waals surface area contributed by atoms with Gasteiger partial charge in [-0.3, -0.25) is 14.5 Å². The summed E-state index contributed by atoms with van der Waals surface area (Å²) >= 11 is 0. The van der Waals surface area contributed by atoms with E-state index in [1.165, 1.54) is 21.8 Å². The van der Waals surface area contributed by atoms with Crippen molar-refractivity contribution in [3.63, 3.8) is 0 Å². The highest BCUT2D eigenvalue weighted by atomic mass is 16.5. The Balaban J connectivity index is 0.680. The van der Waals surface area contributed by atoms with Gasteiger partial charge in [-0.15, -0.1) is 0 Å². The molecule has 17 nitrogen and oxygen atoms in total. The lowest BCUT2D eigenvalue weighted by Gasteiger charge is -2.34. The van der Waals surface area contributed by atoms with Crippen LogP contribution in [0.1, 0.15) is 97.9 Å². The first-order valence-corrected chi connectivity index (χ1v) is 26.4. The van der Waals surface area contributed by atoms with Crippen LogP contribution in [-0.4, -0.2) is 98.5 Å². The minimum absolute atomic E-state index is 0.00312. The predicted molar refractivity (Wildman–Crippen MR) is 297 cm³/mol. The van der Waals surface area contributed by atoms with E-state index in [-0.39, 0.29) is 47.0 Å². The van der Waals surface area contributed by atoms with Gasteiger partial charge >= 0.3 is 5.69 Å². The van der Waals surface area contributed by atoms with Crippen molar-refractivity contribution in [1.29, 1.82) is 0 Å². The fourth-order valence-electron chi connectivity index (χ4n) is 10.9. The molecule has 1 atom stereocenters. The monoisotopic (exact) mass is 1030 g/mol. The molecule has 394 valence electrons. The minimum atomic E-state index is -0.410. The van der Waals surface area contributed by atoms with E-state index in [1.54, 1.807) is 24.2 Å². The number of benzene rings is 5. The van der Waals surface area contributed by atoms with Crippen molar-refractivity contribution in [3.8, 4) is 34.3 Å². The van der Waals surface area contributed by atoms with Crippen molar-refractivity contribution in [2.45, 2.75) is 78.3 Å². The maximum absolute atomic E-state index is 13.6. The number of para-hydroxylation sites is 1. The Labute approximate surface area is 443 Å². The largest absolute Gasteiger partial charge is 0.508 e. The van der Waals surface area contributed by atoms with E-state index in [0.717, 1.165) is 87.5 Å². The topological polar surface area (TPSA) is 197 Å². The number of ether oxygens (including phenoxy) is 1. The molecule has 2 amide bonds. The number of hydrogen-bond donors (Lipinski definition) is 5. The average molecular weight is 1030 g/mol. The Kier molecular flexibility index (Phi) is 14.8. The number of aromatic hydroxyl groups is 2. The summed E-state index contributed by atoms with van der Waals surface area (Å²) in [5.41, 5.74) is 8.51. The highest BCUT2D eigenvalue weighted by molar-refractivity contribution is 6.13. The van der Waals surface area contributed by atoms with Gasteiger partial charge in [-0.1, -0.05) is 62.4 Å². The van der Waals surface area contributed by atoms with Crippen molar-refractivity contribution in [2.24, 2.45) is 11.8 Å². The van der Waals surface area contributed by atoms with Gasteiger partial charge in [0.2, 0.25) is 11.9 Å². The highest BCUT2D eigenvalue weighted by Gasteiger charge is 2.31. The van der Waals surface area contributed by atoms with Crippen LogP contribution in [0.5, 0.6) is 17.2 Å². The molecule has 3 aliphatic heterocycles. The zero-order valence-electron chi connectivity index (χ0n) is 44.1. The number of fused-ring (bicyclic) bond motifs is 2. The summed E-state index contributed by atoms with van der Waals surface area (Å²) in [7, 11) is 3.63. The summed E-state index contributed by atoms with van der Waals surface area (Å²) in [6.07, 6.45) is 6.28. The van der Waals surface area contributed by atoms with Gasteiger partial charge in [-0.2, -0.15) is 10.1 Å². The minimum Gasteiger partial charge on any atom is -0.508 e. The molecule has 7 aromatic rings. The quantitative estimate of drug-likeness (QED) is 0.0652. The molecule has 2 aromatic heterocycles. The smallest absolute Gasteiger partial charge is 0.348 e. The Bertz CT molecular complexity index is 3280. The van der Waals surface area contributed by atoms with Crippen LogP contribution in [0.25, 0.3) is 17.1 Å². The van der Waals surface area contributed by atoms with E-state index in [1.807, 2.05) is 81.2 Å². The van der Waals surface area contributed by atoms with Crippen molar-refractivity contribution in [1.82, 2.24) is 34.9 Å². The Morgan fingerprint density at radius 2 is 1.50 bits per heavy atom. The fourth-order valence-corrected chi connectivity index (χ4v) is 10.9. The summed E-state index contributed by atoms with van der Waals surface area (Å²) < 4.78 is 7.58. The first-order chi connectivity index (χ1) is 36.7. The van der Waals surface area contributed by atoms with Gasteiger partial charge in [-0.25, -0.2) is 19.4 Å². The average Bonchev–Trinajstić information content (AvgIpc) is 3.79. The van der Waals surface area contributed by atoms with E-state index in [2.05, 4.69) is 85.0 Å². The van der Waals surface area contributed by atoms with Crippen LogP contribution in [0.15, 0.2) is 114 Å². The summed E-state index contributed by atoms with van der Waals surface area (Å²) in [5, 5.41) is 34.5. The Morgan fingerprint density at radius 1 is 0.789 bits per heavy atom. The van der Waals surface area contributed by atoms with Gasteiger partial charge in [0.15, 0.2) is 11.6 Å². The van der Waals surface area contributed by atoms with Crippen LogP contribution < -0.4 is 35.8 Å². The molecule has 10 rings (SSSR count). The second kappa shape index (κ2) is 22.0. The lowest BCUT2D eigenvalue weighted by Crippen LogP contribution is -2.41. The maximum atomic E-state index is 13.6. The molecule has 17 heteroatoms. The van der Waals surface area contributed by atoms with Crippen LogP contribution in [0.2, 0.25) is 0 Å². The third-order valence-electron chi connectivity index (χ3n) is 15.3. The van der Waals surface area contributed by atoms with Gasteiger partial charge in [0.25, 0.3) is 5.91 Å². The number of nitrogens with zero attached hydrogens (tertiary/aromatic N) is 8. The number of hydrogen-bond acceptors (Lipinski definition) is 13. The van der Waals surface area contributed by atoms with Crippen LogP contribution in [-0.2, 0) is 17.8 Å². The van der Waals surface area contributed by atoms with Crippen molar-refractivity contribution < 1.29 is 24.5 Å². The molecule has 5 N–H and O–H groups in total. The molecule has 0 bridgehead atoms. The van der Waals surface area contributed by atoms with E-state index in [9.17, 15) is 24.6 Å². The van der Waals surface area contributed by atoms with Crippen LogP contribution in [0, 0.1) is 11.8 Å². The third-order valence-corrected chi connectivity index (χ3v) is 15.3. The normalized spacial score (nSPS) is 15.8. The number of carbonyl (C=O) groups is 2. The van der Waals surface area contributed by atoms with Crippen LogP contribution >= 0.6 is 0 Å². The molecular weight excluding hydrogens is 959 g/mol. The molecule has 2 fully saturated rings. The van der Waals surface area contributed by atoms with Crippen LogP contribution in [0.3, 0.4) is 0 Å². The number of piperidine rings is 2. The number of phenolic OH excluding ortho intramolecular Hbond substituents is 2. The van der Waals surface area contributed by atoms with Gasteiger partial charge in [0.1, 0.15) is 22.9 Å². The second-order valence-corrected chi connectivity index (χ2v) is 20.7. The Morgan fingerprint density at radius 3 is 2.22 bits per heavy atom. The number of H-pyrrole nitrogens is 1.